The fourth-order valence-electron chi connectivity index (χ4n) is 4.35. The Morgan fingerprint density at radius 2 is 2.09 bits per heavy atom. The summed E-state index contributed by atoms with van der Waals surface area (Å²) >= 11 is 0. The second-order valence-electron chi connectivity index (χ2n) is 8.41. The van der Waals surface area contributed by atoms with Crippen LogP contribution < -0.4 is 10.1 Å². The minimum Gasteiger partial charge on any atom is -0.479 e. The minimum atomic E-state index is -0.540. The van der Waals surface area contributed by atoms with E-state index in [0.29, 0.717) is 40.8 Å². The van der Waals surface area contributed by atoms with Crippen LogP contribution in [0, 0.1) is 5.82 Å². The minimum absolute atomic E-state index is 0.0496. The number of fused-ring (bicyclic) bond motifs is 2. The number of anilines is 1. The molecule has 1 aliphatic heterocycles. The number of halogens is 1. The van der Waals surface area contributed by atoms with Crippen LogP contribution in [0.15, 0.2) is 18.6 Å². The summed E-state index contributed by atoms with van der Waals surface area (Å²) in [6, 6.07) is 1.53. The van der Waals surface area contributed by atoms with E-state index in [1.54, 1.807) is 6.20 Å². The molecule has 0 radical (unpaired) electrons. The first-order valence-corrected chi connectivity index (χ1v) is 11.1. The first-order chi connectivity index (χ1) is 16.0. The summed E-state index contributed by atoms with van der Waals surface area (Å²) in [7, 11) is 1.39. The van der Waals surface area contributed by atoms with Crippen molar-refractivity contribution < 1.29 is 9.13 Å². The molecule has 33 heavy (non-hydrogen) atoms. The lowest BCUT2D eigenvalue weighted by Crippen LogP contribution is -2.32. The SMILES string of the molecule is CCn1c(-c2cnc(OC)c(F)c2)nc2c(N[C@@H]3CCc4nnc(C(C)C)n4C3)ncnc21. The Morgan fingerprint density at radius 3 is 2.82 bits per heavy atom. The standard InChI is InChI=1S/C22H26FN9O/c1-5-31-20(13-8-15(23)22(33-4)24-9-13)28-17-18(25-11-26-21(17)31)27-14-6-7-16-29-30-19(12(2)3)32(16)10-14/h8-9,11-12,14H,5-7,10H2,1-4H3,(H,25,26,27)/t14-/m1/s1. The number of imidazole rings is 1. The molecular weight excluding hydrogens is 425 g/mol. The van der Waals surface area contributed by atoms with Gasteiger partial charge in [0.15, 0.2) is 22.8 Å². The van der Waals surface area contributed by atoms with Gasteiger partial charge in [-0.25, -0.2) is 24.3 Å². The summed E-state index contributed by atoms with van der Waals surface area (Å²) in [5.41, 5.74) is 1.88. The number of methoxy groups -OCH3 is 1. The van der Waals surface area contributed by atoms with Crippen LogP contribution in [0.5, 0.6) is 5.88 Å². The molecule has 11 heteroatoms. The van der Waals surface area contributed by atoms with Crippen LogP contribution in [-0.2, 0) is 19.5 Å². The van der Waals surface area contributed by atoms with Gasteiger partial charge in [0.1, 0.15) is 23.8 Å². The number of nitrogens with one attached hydrogen (secondary N) is 1. The summed E-state index contributed by atoms with van der Waals surface area (Å²) in [6.07, 6.45) is 4.84. The third kappa shape index (κ3) is 3.66. The number of aromatic nitrogens is 8. The lowest BCUT2D eigenvalue weighted by atomic mass is 10.1. The van der Waals surface area contributed by atoms with Gasteiger partial charge in [0.25, 0.3) is 0 Å². The van der Waals surface area contributed by atoms with Gasteiger partial charge in [-0.3, -0.25) is 0 Å². The van der Waals surface area contributed by atoms with Gasteiger partial charge in [-0.2, -0.15) is 0 Å². The van der Waals surface area contributed by atoms with Gasteiger partial charge in [-0.1, -0.05) is 13.8 Å². The number of hydrogen-bond acceptors (Lipinski definition) is 8. The molecular formula is C22H26FN9O. The van der Waals surface area contributed by atoms with Crippen LogP contribution in [0.1, 0.15) is 44.8 Å². The predicted molar refractivity (Wildman–Crippen MR) is 121 cm³/mol. The van der Waals surface area contributed by atoms with Gasteiger partial charge in [0, 0.05) is 43.2 Å². The van der Waals surface area contributed by atoms with E-state index >= 15 is 0 Å². The Morgan fingerprint density at radius 1 is 1.24 bits per heavy atom. The molecule has 0 saturated heterocycles. The Labute approximate surface area is 190 Å². The van der Waals surface area contributed by atoms with Gasteiger partial charge in [-0.05, 0) is 19.4 Å². The molecule has 0 saturated carbocycles. The molecule has 10 nitrogen and oxygen atoms in total. The molecule has 0 aromatic carbocycles. The quantitative estimate of drug-likeness (QED) is 0.476. The van der Waals surface area contributed by atoms with E-state index in [1.165, 1.54) is 19.5 Å². The smallest absolute Gasteiger partial charge is 0.250 e. The Balaban J connectivity index is 1.50. The predicted octanol–water partition coefficient (Wildman–Crippen LogP) is 3.20. The number of nitrogens with zero attached hydrogens (tertiary/aromatic N) is 8. The van der Waals surface area contributed by atoms with Gasteiger partial charge in [0.05, 0.1) is 7.11 Å². The van der Waals surface area contributed by atoms with Crippen molar-refractivity contribution in [2.75, 3.05) is 12.4 Å². The lowest BCUT2D eigenvalue weighted by molar-refractivity contribution is 0.369. The number of hydrogen-bond donors (Lipinski definition) is 1. The highest BCUT2D eigenvalue weighted by atomic mass is 19.1. The Bertz CT molecular complexity index is 1310. The molecule has 5 rings (SSSR count). The first kappa shape index (κ1) is 21.2. The maximum Gasteiger partial charge on any atom is 0.250 e. The first-order valence-electron chi connectivity index (χ1n) is 11.1. The second kappa shape index (κ2) is 8.38. The average molecular weight is 452 g/mol. The van der Waals surface area contributed by atoms with Crippen LogP contribution in [-0.4, -0.2) is 52.4 Å². The molecule has 1 atom stereocenters. The molecule has 4 aromatic heterocycles. The van der Waals surface area contributed by atoms with Gasteiger partial charge in [-0.15, -0.1) is 10.2 Å². The molecule has 0 bridgehead atoms. The maximum absolute atomic E-state index is 14.3. The fourth-order valence-corrected chi connectivity index (χ4v) is 4.35. The normalized spacial score (nSPS) is 15.8. The highest BCUT2D eigenvalue weighted by Crippen LogP contribution is 2.29. The third-order valence-corrected chi connectivity index (χ3v) is 5.94. The van der Waals surface area contributed by atoms with E-state index in [1.807, 2.05) is 11.5 Å². The lowest BCUT2D eigenvalue weighted by Gasteiger charge is -2.26. The van der Waals surface area contributed by atoms with Crippen molar-refractivity contribution in [3.05, 3.63) is 36.1 Å². The molecule has 1 N–H and O–H groups in total. The highest BCUT2D eigenvalue weighted by molar-refractivity contribution is 5.86. The molecule has 0 amide bonds. The summed E-state index contributed by atoms with van der Waals surface area (Å²) in [5.74, 6) is 2.97. The summed E-state index contributed by atoms with van der Waals surface area (Å²) in [4.78, 5) is 17.8. The number of ether oxygens (including phenoxy) is 1. The highest BCUT2D eigenvalue weighted by Gasteiger charge is 2.26. The van der Waals surface area contributed by atoms with Crippen LogP contribution in [0.2, 0.25) is 0 Å². The zero-order valence-corrected chi connectivity index (χ0v) is 19.1. The van der Waals surface area contributed by atoms with E-state index in [0.717, 1.165) is 31.0 Å². The monoisotopic (exact) mass is 451 g/mol. The largest absolute Gasteiger partial charge is 0.479 e. The van der Waals surface area contributed by atoms with E-state index in [2.05, 4.69) is 48.9 Å². The van der Waals surface area contributed by atoms with Crippen LogP contribution in [0.25, 0.3) is 22.6 Å². The van der Waals surface area contributed by atoms with E-state index < -0.39 is 5.82 Å². The van der Waals surface area contributed by atoms with Crippen LogP contribution in [0.3, 0.4) is 0 Å². The van der Waals surface area contributed by atoms with Crippen molar-refractivity contribution in [2.45, 2.75) is 58.7 Å². The van der Waals surface area contributed by atoms with Crippen molar-refractivity contribution in [3.8, 4) is 17.3 Å². The van der Waals surface area contributed by atoms with Gasteiger partial charge < -0.3 is 19.2 Å². The summed E-state index contributed by atoms with van der Waals surface area (Å²) < 4.78 is 23.4. The molecule has 0 aliphatic carbocycles. The maximum atomic E-state index is 14.3. The fraction of sp³-hybridized carbons (Fsp3) is 0.455. The van der Waals surface area contributed by atoms with Crippen molar-refractivity contribution in [1.29, 1.82) is 0 Å². The van der Waals surface area contributed by atoms with Crippen LogP contribution in [0.4, 0.5) is 10.2 Å². The zero-order chi connectivity index (χ0) is 23.1. The van der Waals surface area contributed by atoms with E-state index in [-0.39, 0.29) is 11.9 Å². The van der Waals surface area contributed by atoms with Crippen molar-refractivity contribution >= 4 is 17.0 Å². The average Bonchev–Trinajstić information content (AvgIpc) is 3.40. The third-order valence-electron chi connectivity index (χ3n) is 5.94. The summed E-state index contributed by atoms with van der Waals surface area (Å²) in [5, 5.41) is 12.3. The number of pyridine rings is 1. The molecule has 172 valence electrons. The Hall–Kier alpha value is -3.63. The van der Waals surface area contributed by atoms with E-state index in [4.69, 9.17) is 9.72 Å². The Kier molecular flexibility index (Phi) is 5.39. The summed E-state index contributed by atoms with van der Waals surface area (Å²) in [6.45, 7) is 7.61. The molecule has 5 heterocycles. The molecule has 0 unspecified atom stereocenters. The number of rotatable bonds is 6. The second-order valence-corrected chi connectivity index (χ2v) is 8.41. The molecule has 1 aliphatic rings. The number of aryl methyl sites for hydroxylation is 2. The molecule has 0 fully saturated rings. The molecule has 4 aromatic rings. The van der Waals surface area contributed by atoms with E-state index in [9.17, 15) is 4.39 Å². The molecule has 0 spiro atoms. The zero-order valence-electron chi connectivity index (χ0n) is 19.1. The van der Waals surface area contributed by atoms with Crippen molar-refractivity contribution in [1.82, 2.24) is 39.3 Å². The van der Waals surface area contributed by atoms with Gasteiger partial charge >= 0.3 is 0 Å². The topological polar surface area (TPSA) is 108 Å². The van der Waals surface area contributed by atoms with Crippen molar-refractivity contribution in [2.24, 2.45) is 0 Å². The van der Waals surface area contributed by atoms with Gasteiger partial charge in [0.2, 0.25) is 5.88 Å². The van der Waals surface area contributed by atoms with Crippen LogP contribution >= 0.6 is 0 Å². The van der Waals surface area contributed by atoms with Crippen molar-refractivity contribution in [3.63, 3.8) is 0 Å².